The first-order valence-corrected chi connectivity index (χ1v) is 6.59. The van der Waals surface area contributed by atoms with Crippen molar-refractivity contribution in [2.24, 2.45) is 5.10 Å². The maximum Gasteiger partial charge on any atom is 0.272 e. The number of hydrogen-bond acceptors (Lipinski definition) is 4. The summed E-state index contributed by atoms with van der Waals surface area (Å²) < 4.78 is 0.713. The van der Waals surface area contributed by atoms with Crippen molar-refractivity contribution < 1.29 is 9.90 Å². The summed E-state index contributed by atoms with van der Waals surface area (Å²) in [6.07, 6.45) is 4.42. The van der Waals surface area contributed by atoms with Crippen molar-refractivity contribution in [1.82, 2.24) is 10.4 Å². The van der Waals surface area contributed by atoms with Crippen molar-refractivity contribution in [2.45, 2.75) is 6.92 Å². The molecule has 2 N–H and O–H groups in total. The number of aromatic nitrogens is 1. The average Bonchev–Trinajstić information content (AvgIpc) is 2.41. The van der Waals surface area contributed by atoms with E-state index in [-0.39, 0.29) is 11.7 Å². The van der Waals surface area contributed by atoms with E-state index in [0.717, 1.165) is 5.56 Å². The van der Waals surface area contributed by atoms with E-state index in [1.165, 1.54) is 12.4 Å². The highest BCUT2D eigenvalue weighted by atomic mass is 79.9. The van der Waals surface area contributed by atoms with Gasteiger partial charge in [0.1, 0.15) is 5.75 Å². The highest BCUT2D eigenvalue weighted by molar-refractivity contribution is 9.10. The third kappa shape index (κ3) is 3.64. The second-order valence-corrected chi connectivity index (χ2v) is 5.07. The van der Waals surface area contributed by atoms with E-state index in [1.54, 1.807) is 24.4 Å². The van der Waals surface area contributed by atoms with Gasteiger partial charge in [-0.2, -0.15) is 5.10 Å². The molecular formula is C14H12BrN3O2. The Morgan fingerprint density at radius 1 is 1.40 bits per heavy atom. The van der Waals surface area contributed by atoms with Crippen LogP contribution in [0.15, 0.2) is 46.2 Å². The Labute approximate surface area is 124 Å². The lowest BCUT2D eigenvalue weighted by Crippen LogP contribution is -2.17. The molecule has 0 saturated carbocycles. The summed E-state index contributed by atoms with van der Waals surface area (Å²) in [5.41, 5.74) is 4.25. The monoisotopic (exact) mass is 333 g/mol. The highest BCUT2D eigenvalue weighted by Gasteiger charge is 2.05. The number of amides is 1. The Morgan fingerprint density at radius 2 is 2.20 bits per heavy atom. The van der Waals surface area contributed by atoms with Gasteiger partial charge in [0.2, 0.25) is 0 Å². The fourth-order valence-electron chi connectivity index (χ4n) is 1.52. The smallest absolute Gasteiger partial charge is 0.272 e. The van der Waals surface area contributed by atoms with E-state index in [2.05, 4.69) is 31.4 Å². The van der Waals surface area contributed by atoms with E-state index in [0.29, 0.717) is 15.6 Å². The number of benzene rings is 1. The number of hydrazone groups is 1. The van der Waals surface area contributed by atoms with Crippen LogP contribution in [0.3, 0.4) is 0 Å². The lowest BCUT2D eigenvalue weighted by molar-refractivity contribution is 0.0954. The summed E-state index contributed by atoms with van der Waals surface area (Å²) >= 11 is 3.24. The molecule has 0 aliphatic carbocycles. The molecule has 0 unspecified atom stereocenters. The normalized spacial score (nSPS) is 10.7. The molecule has 0 aliphatic heterocycles. The summed E-state index contributed by atoms with van der Waals surface area (Å²) in [4.78, 5) is 15.7. The van der Waals surface area contributed by atoms with E-state index in [9.17, 15) is 9.90 Å². The van der Waals surface area contributed by atoms with E-state index >= 15 is 0 Å². The summed E-state index contributed by atoms with van der Waals surface area (Å²) in [5.74, 6) is -0.256. The lowest BCUT2D eigenvalue weighted by atomic mass is 10.1. The average molecular weight is 334 g/mol. The second-order valence-electron chi connectivity index (χ2n) is 4.15. The van der Waals surface area contributed by atoms with Crippen molar-refractivity contribution in [3.63, 3.8) is 0 Å². The van der Waals surface area contributed by atoms with Crippen LogP contribution in [0.2, 0.25) is 0 Å². The molecule has 1 aromatic carbocycles. The summed E-state index contributed by atoms with van der Waals surface area (Å²) in [5, 5.41) is 13.5. The maximum atomic E-state index is 11.8. The van der Waals surface area contributed by atoms with Gasteiger partial charge in [0.25, 0.3) is 5.91 Å². The standard InChI is InChI=1S/C14H12BrN3O2/c1-9-2-3-10(13(19)4-9)7-17-18-14(20)11-5-12(15)8-16-6-11/h2-8,19H,1H3,(H,18,20). The predicted molar refractivity (Wildman–Crippen MR) is 79.8 cm³/mol. The topological polar surface area (TPSA) is 74.6 Å². The van der Waals surface area contributed by atoms with E-state index in [1.807, 2.05) is 13.0 Å². The number of halogens is 1. The van der Waals surface area contributed by atoms with Crippen LogP contribution >= 0.6 is 15.9 Å². The van der Waals surface area contributed by atoms with Crippen LogP contribution in [0.1, 0.15) is 21.5 Å². The van der Waals surface area contributed by atoms with Crippen molar-refractivity contribution in [3.05, 3.63) is 57.8 Å². The van der Waals surface area contributed by atoms with Gasteiger partial charge in [0.15, 0.2) is 0 Å². The quantitative estimate of drug-likeness (QED) is 0.669. The fraction of sp³-hybridized carbons (Fsp3) is 0.0714. The number of pyridine rings is 1. The predicted octanol–water partition coefficient (Wildman–Crippen LogP) is 2.62. The van der Waals surface area contributed by atoms with Gasteiger partial charge in [0.05, 0.1) is 11.8 Å². The minimum absolute atomic E-state index is 0.118. The second kappa shape index (κ2) is 6.29. The van der Waals surface area contributed by atoms with Gasteiger partial charge in [0, 0.05) is 22.4 Å². The number of carbonyl (C=O) groups excluding carboxylic acids is 1. The van der Waals surface area contributed by atoms with E-state index < -0.39 is 0 Å². The zero-order valence-corrected chi connectivity index (χ0v) is 12.3. The fourth-order valence-corrected chi connectivity index (χ4v) is 1.89. The molecule has 0 radical (unpaired) electrons. The number of rotatable bonds is 3. The minimum atomic E-state index is -0.373. The van der Waals surface area contributed by atoms with Crippen LogP contribution in [0.25, 0.3) is 0 Å². The third-order valence-corrected chi connectivity index (χ3v) is 2.96. The molecule has 2 aromatic rings. The zero-order chi connectivity index (χ0) is 14.5. The first-order valence-electron chi connectivity index (χ1n) is 5.80. The van der Waals surface area contributed by atoms with Crippen molar-refractivity contribution in [1.29, 1.82) is 0 Å². The number of nitrogens with one attached hydrogen (secondary N) is 1. The van der Waals surface area contributed by atoms with Crippen LogP contribution in [0.5, 0.6) is 5.75 Å². The van der Waals surface area contributed by atoms with Crippen molar-refractivity contribution in [2.75, 3.05) is 0 Å². The Balaban J connectivity index is 2.04. The Kier molecular flexibility index (Phi) is 4.47. The molecule has 1 aromatic heterocycles. The van der Waals surface area contributed by atoms with Crippen LogP contribution in [-0.4, -0.2) is 22.2 Å². The molecule has 102 valence electrons. The van der Waals surface area contributed by atoms with Gasteiger partial charge in [-0.3, -0.25) is 9.78 Å². The Bertz CT molecular complexity index is 671. The maximum absolute atomic E-state index is 11.8. The van der Waals surface area contributed by atoms with Gasteiger partial charge >= 0.3 is 0 Å². The number of carbonyl (C=O) groups is 1. The molecular weight excluding hydrogens is 322 g/mol. The molecule has 0 aliphatic rings. The van der Waals surface area contributed by atoms with Crippen molar-refractivity contribution in [3.8, 4) is 5.75 Å². The minimum Gasteiger partial charge on any atom is -0.507 e. The number of aromatic hydroxyl groups is 1. The third-order valence-electron chi connectivity index (χ3n) is 2.52. The Morgan fingerprint density at radius 3 is 2.90 bits per heavy atom. The highest BCUT2D eigenvalue weighted by Crippen LogP contribution is 2.16. The number of aryl methyl sites for hydroxylation is 1. The molecule has 0 atom stereocenters. The molecule has 2 rings (SSSR count). The largest absolute Gasteiger partial charge is 0.507 e. The molecule has 0 spiro atoms. The van der Waals surface area contributed by atoms with Crippen molar-refractivity contribution >= 4 is 28.1 Å². The zero-order valence-electron chi connectivity index (χ0n) is 10.7. The molecule has 0 bridgehead atoms. The van der Waals surface area contributed by atoms with Gasteiger partial charge in [-0.15, -0.1) is 0 Å². The van der Waals surface area contributed by atoms with Gasteiger partial charge in [-0.05, 0) is 46.6 Å². The summed E-state index contributed by atoms with van der Waals surface area (Å²) in [6.45, 7) is 1.88. The summed E-state index contributed by atoms with van der Waals surface area (Å²) in [7, 11) is 0. The number of phenolic OH excluding ortho intramolecular Hbond substituents is 1. The molecule has 6 heteroatoms. The lowest BCUT2D eigenvalue weighted by Gasteiger charge is -2.01. The van der Waals surface area contributed by atoms with Crippen LogP contribution in [0.4, 0.5) is 0 Å². The first-order chi connectivity index (χ1) is 9.56. The van der Waals surface area contributed by atoms with Gasteiger partial charge in [-0.25, -0.2) is 5.43 Å². The van der Waals surface area contributed by atoms with Gasteiger partial charge < -0.3 is 5.11 Å². The number of hydrogen-bond donors (Lipinski definition) is 2. The summed E-state index contributed by atoms with van der Waals surface area (Å²) in [6, 6.07) is 6.84. The molecule has 20 heavy (non-hydrogen) atoms. The molecule has 0 fully saturated rings. The molecule has 5 nitrogen and oxygen atoms in total. The van der Waals surface area contributed by atoms with Crippen LogP contribution in [-0.2, 0) is 0 Å². The number of nitrogens with zero attached hydrogens (tertiary/aromatic N) is 2. The van der Waals surface area contributed by atoms with Gasteiger partial charge in [-0.1, -0.05) is 6.07 Å². The van der Waals surface area contributed by atoms with Crippen LogP contribution in [0, 0.1) is 6.92 Å². The first kappa shape index (κ1) is 14.2. The number of phenols is 1. The Hall–Kier alpha value is -2.21. The molecule has 0 saturated heterocycles. The molecule has 1 amide bonds. The SMILES string of the molecule is Cc1ccc(C=NNC(=O)c2cncc(Br)c2)c(O)c1. The van der Waals surface area contributed by atoms with E-state index in [4.69, 9.17) is 0 Å². The van der Waals surface area contributed by atoms with Crippen LogP contribution < -0.4 is 5.43 Å². The molecule has 1 heterocycles.